The molecular weight excluding hydrogens is 479 g/mol. The minimum absolute atomic E-state index is 0. The molecule has 1 heterocycles. The van der Waals surface area contributed by atoms with Crippen LogP contribution in [0.3, 0.4) is 0 Å². The van der Waals surface area contributed by atoms with Gasteiger partial charge in [0.25, 0.3) is 0 Å². The van der Waals surface area contributed by atoms with Crippen molar-refractivity contribution in [1.82, 2.24) is 10.6 Å². The van der Waals surface area contributed by atoms with E-state index in [9.17, 15) is 5.11 Å². The first kappa shape index (κ1) is 23.3. The third-order valence-electron chi connectivity index (χ3n) is 4.92. The first-order valence-electron chi connectivity index (χ1n) is 9.86. The van der Waals surface area contributed by atoms with E-state index in [2.05, 4.69) is 44.8 Å². The number of benzene rings is 2. The van der Waals surface area contributed by atoms with Crippen molar-refractivity contribution in [3.63, 3.8) is 0 Å². The van der Waals surface area contributed by atoms with Gasteiger partial charge in [0.15, 0.2) is 5.96 Å². The molecular formula is C22H31IN4O2. The predicted octanol–water partition coefficient (Wildman–Crippen LogP) is 3.18. The molecule has 1 aliphatic heterocycles. The van der Waals surface area contributed by atoms with E-state index in [1.165, 1.54) is 5.69 Å². The molecule has 2 aromatic carbocycles. The number of halogens is 1. The quantitative estimate of drug-likeness (QED) is 0.304. The van der Waals surface area contributed by atoms with E-state index in [-0.39, 0.29) is 24.0 Å². The number of hydrogen-bond donors (Lipinski definition) is 3. The van der Waals surface area contributed by atoms with Crippen molar-refractivity contribution < 1.29 is 9.84 Å². The Kier molecular flexibility index (Phi) is 9.53. The highest BCUT2D eigenvalue weighted by Gasteiger charge is 2.23. The zero-order valence-corrected chi connectivity index (χ0v) is 19.4. The molecule has 1 aliphatic rings. The molecule has 0 aromatic heterocycles. The van der Waals surface area contributed by atoms with E-state index in [0.717, 1.165) is 43.3 Å². The van der Waals surface area contributed by atoms with Gasteiger partial charge in [-0.05, 0) is 43.2 Å². The van der Waals surface area contributed by atoms with Crippen LogP contribution in [-0.2, 0) is 0 Å². The summed E-state index contributed by atoms with van der Waals surface area (Å²) in [6, 6.07) is 18.2. The van der Waals surface area contributed by atoms with Gasteiger partial charge in [0, 0.05) is 31.4 Å². The molecule has 7 heteroatoms. The lowest BCUT2D eigenvalue weighted by molar-refractivity contribution is 0.187. The number of ether oxygens (including phenoxy) is 1. The minimum atomic E-state index is -0.647. The molecule has 2 aromatic rings. The largest absolute Gasteiger partial charge is 0.497 e. The Morgan fingerprint density at radius 2 is 1.93 bits per heavy atom. The molecule has 1 fully saturated rings. The molecule has 0 saturated carbocycles. The number of aliphatic hydroxyl groups is 1. The highest BCUT2D eigenvalue weighted by molar-refractivity contribution is 14.0. The van der Waals surface area contributed by atoms with Crippen molar-refractivity contribution in [2.45, 2.75) is 25.5 Å². The van der Waals surface area contributed by atoms with Crippen LogP contribution in [0.2, 0.25) is 0 Å². The van der Waals surface area contributed by atoms with Crippen molar-refractivity contribution in [3.05, 3.63) is 60.2 Å². The number of methoxy groups -OCH3 is 1. The average Bonchev–Trinajstić information content (AvgIpc) is 3.21. The topological polar surface area (TPSA) is 69.1 Å². The Bertz CT molecular complexity index is 755. The molecule has 158 valence electrons. The van der Waals surface area contributed by atoms with Crippen molar-refractivity contribution in [1.29, 1.82) is 0 Å². The maximum atomic E-state index is 10.4. The number of para-hydroxylation sites is 1. The van der Waals surface area contributed by atoms with Crippen LogP contribution in [0.4, 0.5) is 5.69 Å². The molecule has 2 unspecified atom stereocenters. The fourth-order valence-corrected chi connectivity index (χ4v) is 3.37. The van der Waals surface area contributed by atoms with Crippen LogP contribution in [-0.4, -0.2) is 50.4 Å². The van der Waals surface area contributed by atoms with Gasteiger partial charge < -0.3 is 25.4 Å². The van der Waals surface area contributed by atoms with Crippen molar-refractivity contribution in [3.8, 4) is 5.75 Å². The fourth-order valence-electron chi connectivity index (χ4n) is 3.37. The van der Waals surface area contributed by atoms with Crippen LogP contribution in [0.15, 0.2) is 59.6 Å². The molecule has 1 saturated heterocycles. The second kappa shape index (κ2) is 11.9. The monoisotopic (exact) mass is 510 g/mol. The highest BCUT2D eigenvalue weighted by atomic mass is 127. The molecule has 6 nitrogen and oxygen atoms in total. The fraction of sp³-hybridized carbons (Fsp3) is 0.409. The van der Waals surface area contributed by atoms with E-state index in [0.29, 0.717) is 12.6 Å². The van der Waals surface area contributed by atoms with Crippen molar-refractivity contribution in [2.75, 3.05) is 38.2 Å². The summed E-state index contributed by atoms with van der Waals surface area (Å²) >= 11 is 0. The maximum absolute atomic E-state index is 10.4. The zero-order valence-electron chi connectivity index (χ0n) is 17.0. The van der Waals surface area contributed by atoms with Gasteiger partial charge in [-0.25, -0.2) is 0 Å². The highest BCUT2D eigenvalue weighted by Crippen LogP contribution is 2.20. The number of nitrogens with zero attached hydrogens (tertiary/aromatic N) is 2. The molecule has 0 radical (unpaired) electrons. The predicted molar refractivity (Wildman–Crippen MR) is 130 cm³/mol. The average molecular weight is 510 g/mol. The SMILES string of the molecule is CCNC(=NCC(O)c1ccc(OC)cc1)NC1CCN(c2ccccc2)C1.I. The van der Waals surface area contributed by atoms with E-state index < -0.39 is 6.10 Å². The molecule has 3 rings (SSSR count). The Hall–Kier alpha value is -2.00. The standard InChI is InChI=1S/C22H30N4O2.HI/c1-3-23-22(24-15-21(27)17-9-11-20(28-2)12-10-17)25-18-13-14-26(16-18)19-7-5-4-6-8-19;/h4-12,18,21,27H,3,13-16H2,1-2H3,(H2,23,24,25);1H. The zero-order chi connectivity index (χ0) is 19.8. The van der Waals surface area contributed by atoms with Crippen LogP contribution in [0.25, 0.3) is 0 Å². The number of nitrogens with one attached hydrogen (secondary N) is 2. The minimum Gasteiger partial charge on any atom is -0.497 e. The van der Waals surface area contributed by atoms with E-state index in [1.807, 2.05) is 37.3 Å². The maximum Gasteiger partial charge on any atom is 0.191 e. The Morgan fingerprint density at radius 1 is 1.21 bits per heavy atom. The van der Waals surface area contributed by atoms with Gasteiger partial charge in [-0.15, -0.1) is 24.0 Å². The lowest BCUT2D eigenvalue weighted by Crippen LogP contribution is -2.44. The summed E-state index contributed by atoms with van der Waals surface area (Å²) in [5.41, 5.74) is 2.08. The molecule has 0 amide bonds. The molecule has 0 spiro atoms. The van der Waals surface area contributed by atoms with Crippen LogP contribution < -0.4 is 20.3 Å². The molecule has 2 atom stereocenters. The molecule has 3 N–H and O–H groups in total. The van der Waals surface area contributed by atoms with Gasteiger partial charge in [0.2, 0.25) is 0 Å². The first-order chi connectivity index (χ1) is 13.7. The van der Waals surface area contributed by atoms with Crippen LogP contribution >= 0.6 is 24.0 Å². The third kappa shape index (κ3) is 6.78. The number of rotatable bonds is 7. The number of aliphatic imine (C=N–C) groups is 1. The van der Waals surface area contributed by atoms with Gasteiger partial charge in [0.1, 0.15) is 5.75 Å². The Balaban J connectivity index is 0.00000300. The second-order valence-electron chi connectivity index (χ2n) is 6.92. The van der Waals surface area contributed by atoms with E-state index in [4.69, 9.17) is 4.74 Å². The summed E-state index contributed by atoms with van der Waals surface area (Å²) in [4.78, 5) is 6.97. The summed E-state index contributed by atoms with van der Waals surface area (Å²) in [7, 11) is 1.63. The number of guanidine groups is 1. The van der Waals surface area contributed by atoms with Crippen molar-refractivity contribution >= 4 is 35.6 Å². The van der Waals surface area contributed by atoms with Crippen LogP contribution in [0, 0.1) is 0 Å². The number of hydrogen-bond acceptors (Lipinski definition) is 4. The third-order valence-corrected chi connectivity index (χ3v) is 4.92. The van der Waals surface area contributed by atoms with Crippen LogP contribution in [0.5, 0.6) is 5.75 Å². The lowest BCUT2D eigenvalue weighted by Gasteiger charge is -2.20. The number of anilines is 1. The second-order valence-corrected chi connectivity index (χ2v) is 6.92. The number of aliphatic hydroxyl groups excluding tert-OH is 1. The normalized spacial score (nSPS) is 17.4. The van der Waals surface area contributed by atoms with Gasteiger partial charge in [-0.3, -0.25) is 4.99 Å². The summed E-state index contributed by atoms with van der Waals surface area (Å²) in [5, 5.41) is 17.2. The van der Waals surface area contributed by atoms with Gasteiger partial charge in [-0.2, -0.15) is 0 Å². The van der Waals surface area contributed by atoms with Crippen molar-refractivity contribution in [2.24, 2.45) is 4.99 Å². The van der Waals surface area contributed by atoms with E-state index >= 15 is 0 Å². The smallest absolute Gasteiger partial charge is 0.191 e. The molecule has 29 heavy (non-hydrogen) atoms. The Labute approximate surface area is 190 Å². The van der Waals surface area contributed by atoms with Gasteiger partial charge in [0.05, 0.1) is 19.8 Å². The summed E-state index contributed by atoms with van der Waals surface area (Å²) < 4.78 is 5.16. The molecule has 0 bridgehead atoms. The van der Waals surface area contributed by atoms with Crippen LogP contribution in [0.1, 0.15) is 25.0 Å². The van der Waals surface area contributed by atoms with Gasteiger partial charge >= 0.3 is 0 Å². The van der Waals surface area contributed by atoms with Gasteiger partial charge in [-0.1, -0.05) is 30.3 Å². The summed E-state index contributed by atoms with van der Waals surface area (Å²) in [6.07, 6.45) is 0.408. The summed E-state index contributed by atoms with van der Waals surface area (Å²) in [6.45, 7) is 5.09. The summed E-state index contributed by atoms with van der Waals surface area (Å²) in [5.74, 6) is 1.52. The molecule has 0 aliphatic carbocycles. The lowest BCUT2D eigenvalue weighted by atomic mass is 10.1. The Morgan fingerprint density at radius 3 is 2.59 bits per heavy atom. The first-order valence-corrected chi connectivity index (χ1v) is 9.86. The van der Waals surface area contributed by atoms with E-state index in [1.54, 1.807) is 7.11 Å².